The van der Waals surface area contributed by atoms with Crippen LogP contribution < -0.4 is 5.73 Å². The maximum absolute atomic E-state index is 10.7. The zero-order chi connectivity index (χ0) is 13.9. The standard InChI is InChI=1S/C13H19ClN2O2/c1-8(2)4-11(15)6-10-7-12(14)13(16(17)18)5-9(10)3/h5,7-8,11H,4,6,15H2,1-3H3. The molecule has 0 heterocycles. The Hall–Kier alpha value is -1.13. The van der Waals surface area contributed by atoms with Gasteiger partial charge in [0.15, 0.2) is 0 Å². The van der Waals surface area contributed by atoms with Gasteiger partial charge in [-0.1, -0.05) is 25.4 Å². The maximum Gasteiger partial charge on any atom is 0.288 e. The van der Waals surface area contributed by atoms with Crippen molar-refractivity contribution in [3.8, 4) is 0 Å². The van der Waals surface area contributed by atoms with Crippen molar-refractivity contribution in [1.29, 1.82) is 0 Å². The largest absolute Gasteiger partial charge is 0.327 e. The van der Waals surface area contributed by atoms with Gasteiger partial charge in [-0.05, 0) is 42.9 Å². The first-order valence-electron chi connectivity index (χ1n) is 6.00. The second-order valence-corrected chi connectivity index (χ2v) is 5.49. The van der Waals surface area contributed by atoms with Gasteiger partial charge in [-0.25, -0.2) is 0 Å². The molecule has 0 spiro atoms. The molecule has 0 fully saturated rings. The van der Waals surface area contributed by atoms with Crippen LogP contribution in [0.2, 0.25) is 5.02 Å². The SMILES string of the molecule is Cc1cc([N+](=O)[O-])c(Cl)cc1CC(N)CC(C)C. The van der Waals surface area contributed by atoms with Gasteiger partial charge in [0.1, 0.15) is 5.02 Å². The number of nitrogens with two attached hydrogens (primary N) is 1. The highest BCUT2D eigenvalue weighted by Gasteiger charge is 2.16. The van der Waals surface area contributed by atoms with Crippen LogP contribution in [0.25, 0.3) is 0 Å². The lowest BCUT2D eigenvalue weighted by Crippen LogP contribution is -2.25. The highest BCUT2D eigenvalue weighted by atomic mass is 35.5. The van der Waals surface area contributed by atoms with E-state index in [9.17, 15) is 10.1 Å². The fraction of sp³-hybridized carbons (Fsp3) is 0.538. The van der Waals surface area contributed by atoms with Gasteiger partial charge in [0.05, 0.1) is 4.92 Å². The summed E-state index contributed by atoms with van der Waals surface area (Å²) in [5, 5.41) is 10.9. The van der Waals surface area contributed by atoms with E-state index in [1.165, 1.54) is 6.07 Å². The summed E-state index contributed by atoms with van der Waals surface area (Å²) in [5.41, 5.74) is 7.85. The Kier molecular flexibility index (Phi) is 5.11. The van der Waals surface area contributed by atoms with Gasteiger partial charge >= 0.3 is 0 Å². The van der Waals surface area contributed by atoms with E-state index in [2.05, 4.69) is 13.8 Å². The van der Waals surface area contributed by atoms with Gasteiger partial charge in [-0.2, -0.15) is 0 Å². The average molecular weight is 271 g/mol. The Morgan fingerprint density at radius 2 is 2.06 bits per heavy atom. The lowest BCUT2D eigenvalue weighted by molar-refractivity contribution is -0.384. The molecule has 0 amide bonds. The Labute approximate surface area is 112 Å². The van der Waals surface area contributed by atoms with E-state index in [-0.39, 0.29) is 16.8 Å². The van der Waals surface area contributed by atoms with Gasteiger partial charge in [0.25, 0.3) is 5.69 Å². The number of rotatable bonds is 5. The smallest absolute Gasteiger partial charge is 0.288 e. The third kappa shape index (κ3) is 3.96. The number of nitrogens with zero attached hydrogens (tertiary/aromatic N) is 1. The summed E-state index contributed by atoms with van der Waals surface area (Å²) < 4.78 is 0. The fourth-order valence-electron chi connectivity index (χ4n) is 2.04. The molecule has 1 aromatic carbocycles. The van der Waals surface area contributed by atoms with Crippen LogP contribution in [0.5, 0.6) is 0 Å². The number of nitro benzene ring substituents is 1. The molecule has 0 saturated carbocycles. The van der Waals surface area contributed by atoms with E-state index < -0.39 is 4.92 Å². The van der Waals surface area contributed by atoms with Crippen LogP contribution >= 0.6 is 11.6 Å². The summed E-state index contributed by atoms with van der Waals surface area (Å²) in [6.07, 6.45) is 1.62. The van der Waals surface area contributed by atoms with Crippen molar-refractivity contribution in [1.82, 2.24) is 0 Å². The normalized spacial score (nSPS) is 12.8. The minimum atomic E-state index is -0.465. The maximum atomic E-state index is 10.7. The van der Waals surface area contributed by atoms with Crippen molar-refractivity contribution < 1.29 is 4.92 Å². The molecule has 0 saturated heterocycles. The molecule has 0 aliphatic carbocycles. The number of nitro groups is 1. The lowest BCUT2D eigenvalue weighted by Gasteiger charge is -2.15. The Bertz CT molecular complexity index is 447. The molecule has 18 heavy (non-hydrogen) atoms. The summed E-state index contributed by atoms with van der Waals surface area (Å²) in [4.78, 5) is 10.3. The molecule has 0 bridgehead atoms. The third-order valence-corrected chi connectivity index (χ3v) is 3.16. The average Bonchev–Trinajstić information content (AvgIpc) is 2.21. The Morgan fingerprint density at radius 3 is 2.56 bits per heavy atom. The molecular weight excluding hydrogens is 252 g/mol. The molecule has 5 heteroatoms. The van der Waals surface area contributed by atoms with Crippen LogP contribution in [0.15, 0.2) is 12.1 Å². The van der Waals surface area contributed by atoms with E-state index in [0.29, 0.717) is 12.3 Å². The van der Waals surface area contributed by atoms with Crippen molar-refractivity contribution in [3.05, 3.63) is 38.4 Å². The van der Waals surface area contributed by atoms with E-state index >= 15 is 0 Å². The van der Waals surface area contributed by atoms with Gasteiger partial charge in [-0.15, -0.1) is 0 Å². The molecule has 0 aliphatic heterocycles. The zero-order valence-electron chi connectivity index (χ0n) is 10.9. The molecule has 0 aliphatic rings. The molecule has 1 atom stereocenters. The first-order chi connectivity index (χ1) is 8.31. The quantitative estimate of drug-likeness (QED) is 0.658. The predicted octanol–water partition coefficient (Wildman–Crippen LogP) is 3.47. The molecule has 1 rings (SSSR count). The third-order valence-electron chi connectivity index (χ3n) is 2.86. The summed E-state index contributed by atoms with van der Waals surface area (Å²) >= 11 is 5.90. The lowest BCUT2D eigenvalue weighted by atomic mass is 9.95. The van der Waals surface area contributed by atoms with Crippen molar-refractivity contribution in [3.63, 3.8) is 0 Å². The van der Waals surface area contributed by atoms with Crippen LogP contribution in [0.4, 0.5) is 5.69 Å². The molecule has 0 radical (unpaired) electrons. The number of aryl methyl sites for hydroxylation is 1. The second kappa shape index (κ2) is 6.16. The van der Waals surface area contributed by atoms with E-state index in [4.69, 9.17) is 17.3 Å². The van der Waals surface area contributed by atoms with Crippen molar-refractivity contribution >= 4 is 17.3 Å². The van der Waals surface area contributed by atoms with Gasteiger partial charge in [-0.3, -0.25) is 10.1 Å². The zero-order valence-corrected chi connectivity index (χ0v) is 11.7. The summed E-state index contributed by atoms with van der Waals surface area (Å²) in [6, 6.07) is 3.23. The first kappa shape index (κ1) is 14.9. The van der Waals surface area contributed by atoms with E-state index in [1.807, 2.05) is 6.92 Å². The molecular formula is C13H19ClN2O2. The van der Waals surface area contributed by atoms with E-state index in [1.54, 1.807) is 6.07 Å². The van der Waals surface area contributed by atoms with Crippen LogP contribution in [0.1, 0.15) is 31.4 Å². The van der Waals surface area contributed by atoms with Crippen molar-refractivity contribution in [2.24, 2.45) is 11.7 Å². The fourth-order valence-corrected chi connectivity index (χ4v) is 2.29. The highest BCUT2D eigenvalue weighted by molar-refractivity contribution is 6.32. The highest BCUT2D eigenvalue weighted by Crippen LogP contribution is 2.28. The summed E-state index contributed by atoms with van der Waals surface area (Å²) in [7, 11) is 0. The van der Waals surface area contributed by atoms with E-state index in [0.717, 1.165) is 17.5 Å². The van der Waals surface area contributed by atoms with Gasteiger partial charge in [0, 0.05) is 12.1 Å². The second-order valence-electron chi connectivity index (χ2n) is 5.08. The summed E-state index contributed by atoms with van der Waals surface area (Å²) in [6.45, 7) is 6.09. The number of halogens is 1. The number of benzene rings is 1. The Morgan fingerprint density at radius 1 is 1.44 bits per heavy atom. The molecule has 1 aromatic rings. The summed E-state index contributed by atoms with van der Waals surface area (Å²) in [5.74, 6) is 0.536. The monoisotopic (exact) mass is 270 g/mol. The Balaban J connectivity index is 2.91. The van der Waals surface area contributed by atoms with Crippen molar-refractivity contribution in [2.45, 2.75) is 39.7 Å². The minimum Gasteiger partial charge on any atom is -0.327 e. The first-order valence-corrected chi connectivity index (χ1v) is 6.38. The molecule has 0 aromatic heterocycles. The molecule has 4 nitrogen and oxygen atoms in total. The minimum absolute atomic E-state index is 0.0460. The number of hydrogen-bond acceptors (Lipinski definition) is 3. The molecule has 2 N–H and O–H groups in total. The van der Waals surface area contributed by atoms with Crippen LogP contribution in [-0.4, -0.2) is 11.0 Å². The topological polar surface area (TPSA) is 69.2 Å². The van der Waals surface area contributed by atoms with Gasteiger partial charge < -0.3 is 5.73 Å². The van der Waals surface area contributed by atoms with Gasteiger partial charge in [0.2, 0.25) is 0 Å². The van der Waals surface area contributed by atoms with Crippen LogP contribution in [0, 0.1) is 23.0 Å². The predicted molar refractivity (Wildman–Crippen MR) is 74.0 cm³/mol. The van der Waals surface area contributed by atoms with Crippen molar-refractivity contribution in [2.75, 3.05) is 0 Å². The van der Waals surface area contributed by atoms with Crippen LogP contribution in [0.3, 0.4) is 0 Å². The molecule has 1 unspecified atom stereocenters. The van der Waals surface area contributed by atoms with Crippen LogP contribution in [-0.2, 0) is 6.42 Å². The molecule has 100 valence electrons. The number of hydrogen-bond donors (Lipinski definition) is 1.